The fourth-order valence-electron chi connectivity index (χ4n) is 3.20. The van der Waals surface area contributed by atoms with Gasteiger partial charge in [-0.3, -0.25) is 4.18 Å². The Morgan fingerprint density at radius 3 is 2.48 bits per heavy atom. The van der Waals surface area contributed by atoms with Gasteiger partial charge in [0.05, 0.1) is 42.8 Å². The maximum atomic E-state index is 11.1. The summed E-state index contributed by atoms with van der Waals surface area (Å²) in [6.07, 6.45) is 6.57. The quantitative estimate of drug-likeness (QED) is 0.580. The van der Waals surface area contributed by atoms with Crippen molar-refractivity contribution in [3.05, 3.63) is 29.8 Å². The molecule has 3 rings (SSSR count). The summed E-state index contributed by atoms with van der Waals surface area (Å²) in [6.45, 7) is 6.58. The Hall–Kier alpha value is -1.57. The molecule has 29 heavy (non-hydrogen) atoms. The van der Waals surface area contributed by atoms with Gasteiger partial charge >= 0.3 is 0 Å². The Balaban J connectivity index is 0.000000221. The van der Waals surface area contributed by atoms with Gasteiger partial charge in [-0.25, -0.2) is 9.98 Å². The van der Waals surface area contributed by atoms with Crippen molar-refractivity contribution in [3.63, 3.8) is 0 Å². The van der Waals surface area contributed by atoms with E-state index in [4.69, 9.17) is 4.74 Å². The van der Waals surface area contributed by atoms with Crippen molar-refractivity contribution >= 4 is 16.1 Å². The molecule has 1 aliphatic carbocycles. The van der Waals surface area contributed by atoms with Gasteiger partial charge in [0.15, 0.2) is 0 Å². The van der Waals surface area contributed by atoms with E-state index in [1.54, 1.807) is 12.1 Å². The van der Waals surface area contributed by atoms with Crippen molar-refractivity contribution in [2.75, 3.05) is 26.8 Å². The maximum absolute atomic E-state index is 11.1. The summed E-state index contributed by atoms with van der Waals surface area (Å²) >= 11 is 0. The third kappa shape index (κ3) is 8.36. The summed E-state index contributed by atoms with van der Waals surface area (Å²) in [6, 6.07) is 10.0. The van der Waals surface area contributed by atoms with Gasteiger partial charge in [0.2, 0.25) is 0 Å². The Morgan fingerprint density at radius 1 is 1.21 bits per heavy atom. The van der Waals surface area contributed by atoms with E-state index in [1.165, 1.54) is 44.2 Å². The third-order valence-electron chi connectivity index (χ3n) is 5.10. The highest BCUT2D eigenvalue weighted by molar-refractivity contribution is 7.86. The van der Waals surface area contributed by atoms with Crippen LogP contribution in [0, 0.1) is 6.92 Å². The number of ether oxygens (including phenoxy) is 1. The second-order valence-corrected chi connectivity index (χ2v) is 9.15. The molecule has 1 aromatic rings. The zero-order chi connectivity index (χ0) is 21.1. The van der Waals surface area contributed by atoms with E-state index in [2.05, 4.69) is 32.4 Å². The average Bonchev–Trinajstić information content (AvgIpc) is 2.76. The van der Waals surface area contributed by atoms with E-state index < -0.39 is 10.1 Å². The Labute approximate surface area is 174 Å². The second kappa shape index (κ2) is 12.2. The predicted molar refractivity (Wildman–Crippen MR) is 114 cm³/mol. The fraction of sp³-hybridized carbons (Fsp3) is 0.667. The molecule has 1 heterocycles. The monoisotopic (exact) mass is 423 g/mol. The molecule has 1 aromatic carbocycles. The highest BCUT2D eigenvalue weighted by Gasteiger charge is 2.19. The van der Waals surface area contributed by atoms with E-state index in [1.807, 2.05) is 6.92 Å². The van der Waals surface area contributed by atoms with Gasteiger partial charge < -0.3 is 10.1 Å². The normalized spacial score (nSPS) is 21.3. The molecule has 2 atom stereocenters. The number of nitrogens with zero attached hydrogens (tertiary/aromatic N) is 2. The topological polar surface area (TPSA) is 89.3 Å². The van der Waals surface area contributed by atoms with E-state index >= 15 is 0 Å². The van der Waals surface area contributed by atoms with Crippen molar-refractivity contribution in [2.45, 2.75) is 69.0 Å². The second-order valence-electron chi connectivity index (χ2n) is 7.44. The zero-order valence-electron chi connectivity index (χ0n) is 17.6. The number of aliphatic imine (C=N–C) groups is 2. The van der Waals surface area contributed by atoms with Crippen LogP contribution in [0.3, 0.4) is 0 Å². The van der Waals surface area contributed by atoms with Gasteiger partial charge in [-0.1, -0.05) is 37.0 Å². The minimum Gasteiger partial charge on any atom is -0.373 e. The van der Waals surface area contributed by atoms with Crippen LogP contribution in [-0.4, -0.2) is 59.4 Å². The summed E-state index contributed by atoms with van der Waals surface area (Å²) in [5, 5.41) is 3.31. The molecule has 0 spiro atoms. The van der Waals surface area contributed by atoms with Crippen molar-refractivity contribution < 1.29 is 17.3 Å². The zero-order valence-corrected chi connectivity index (χ0v) is 18.5. The molecule has 0 aromatic heterocycles. The smallest absolute Gasteiger partial charge is 0.296 e. The standard InChI is InChI=1S/C13H23N3O.C8H10O3S/c1-11(13-9-14-7-8-17-13)15-10-16-12-5-3-2-4-6-12;1-7-3-5-8(6-4-7)12(9,10)11-2/h11-14H,2-9H2,1H3;3-6H,1-2H3. The first-order chi connectivity index (χ1) is 13.9. The molecular formula is C21H33N3O4S. The molecule has 2 fully saturated rings. The Morgan fingerprint density at radius 2 is 1.90 bits per heavy atom. The van der Waals surface area contributed by atoms with Crippen molar-refractivity contribution in [1.29, 1.82) is 0 Å². The van der Waals surface area contributed by atoms with Crippen LogP contribution in [0.5, 0.6) is 0 Å². The molecule has 1 saturated carbocycles. The van der Waals surface area contributed by atoms with Crippen LogP contribution in [-0.2, 0) is 19.0 Å². The molecule has 1 saturated heterocycles. The number of hydrogen-bond donors (Lipinski definition) is 1. The van der Waals surface area contributed by atoms with Crippen LogP contribution in [0.25, 0.3) is 0 Å². The molecule has 2 aliphatic rings. The van der Waals surface area contributed by atoms with Gasteiger partial charge in [-0.05, 0) is 38.8 Å². The molecule has 1 N–H and O–H groups in total. The van der Waals surface area contributed by atoms with Crippen LogP contribution in [0.1, 0.15) is 44.6 Å². The first kappa shape index (κ1) is 23.7. The molecule has 8 heteroatoms. The third-order valence-corrected chi connectivity index (χ3v) is 6.39. The van der Waals surface area contributed by atoms with Gasteiger partial charge in [0.25, 0.3) is 10.1 Å². The van der Waals surface area contributed by atoms with Crippen molar-refractivity contribution in [1.82, 2.24) is 5.32 Å². The first-order valence-corrected chi connectivity index (χ1v) is 11.7. The summed E-state index contributed by atoms with van der Waals surface area (Å²) in [7, 11) is -2.37. The van der Waals surface area contributed by atoms with Crippen LogP contribution >= 0.6 is 0 Å². The van der Waals surface area contributed by atoms with E-state index in [0.717, 1.165) is 32.4 Å². The first-order valence-electron chi connectivity index (χ1n) is 10.3. The van der Waals surface area contributed by atoms with E-state index in [0.29, 0.717) is 6.04 Å². The van der Waals surface area contributed by atoms with Crippen LogP contribution < -0.4 is 5.32 Å². The lowest BCUT2D eigenvalue weighted by Crippen LogP contribution is -2.43. The highest BCUT2D eigenvalue weighted by atomic mass is 32.2. The molecule has 0 bridgehead atoms. The molecule has 0 amide bonds. The van der Waals surface area contributed by atoms with E-state index in [9.17, 15) is 8.42 Å². The number of hydrogen-bond acceptors (Lipinski definition) is 7. The molecule has 7 nitrogen and oxygen atoms in total. The summed E-state index contributed by atoms with van der Waals surface area (Å²) in [4.78, 5) is 8.98. The summed E-state index contributed by atoms with van der Waals surface area (Å²) in [5.41, 5.74) is 1.02. The SMILES string of the molecule is CC(N=C=NC1CCCCC1)C1CNCCO1.COS(=O)(=O)c1ccc(C)cc1. The number of benzene rings is 1. The molecule has 0 radical (unpaired) electrons. The number of nitrogens with one attached hydrogen (secondary N) is 1. The van der Waals surface area contributed by atoms with Crippen LogP contribution in [0.4, 0.5) is 0 Å². The number of aryl methyl sites for hydroxylation is 1. The highest BCUT2D eigenvalue weighted by Crippen LogP contribution is 2.19. The molecule has 2 unspecified atom stereocenters. The fourth-order valence-corrected chi connectivity index (χ4v) is 3.86. The minimum atomic E-state index is -3.51. The maximum Gasteiger partial charge on any atom is 0.296 e. The summed E-state index contributed by atoms with van der Waals surface area (Å²) < 4.78 is 32.2. The average molecular weight is 424 g/mol. The lowest BCUT2D eigenvalue weighted by molar-refractivity contribution is 0.0169. The lowest BCUT2D eigenvalue weighted by Gasteiger charge is -2.25. The van der Waals surface area contributed by atoms with Crippen LogP contribution in [0.15, 0.2) is 39.1 Å². The Bertz CT molecular complexity index is 762. The summed E-state index contributed by atoms with van der Waals surface area (Å²) in [5.74, 6) is 0. The van der Waals surface area contributed by atoms with Gasteiger partial charge in [-0.15, -0.1) is 0 Å². The Kier molecular flexibility index (Phi) is 9.97. The molecular weight excluding hydrogens is 390 g/mol. The van der Waals surface area contributed by atoms with Crippen molar-refractivity contribution in [2.24, 2.45) is 9.98 Å². The molecule has 1 aliphatic heterocycles. The largest absolute Gasteiger partial charge is 0.373 e. The van der Waals surface area contributed by atoms with Gasteiger partial charge in [0, 0.05) is 13.1 Å². The predicted octanol–water partition coefficient (Wildman–Crippen LogP) is 3.20. The molecule has 162 valence electrons. The van der Waals surface area contributed by atoms with Crippen molar-refractivity contribution in [3.8, 4) is 0 Å². The van der Waals surface area contributed by atoms with Gasteiger partial charge in [-0.2, -0.15) is 8.42 Å². The van der Waals surface area contributed by atoms with Crippen LogP contribution in [0.2, 0.25) is 0 Å². The number of morpholine rings is 1. The number of rotatable bonds is 5. The minimum absolute atomic E-state index is 0.148. The van der Waals surface area contributed by atoms with E-state index in [-0.39, 0.29) is 17.0 Å². The van der Waals surface area contributed by atoms with Gasteiger partial charge in [0.1, 0.15) is 0 Å². The lowest BCUT2D eigenvalue weighted by atomic mass is 9.96.